The molecule has 2 aliphatic heterocycles. The molecule has 1 amide bonds. The number of carbonyl (C=O) groups is 1. The molecule has 0 radical (unpaired) electrons. The molecule has 1 aromatic carbocycles. The summed E-state index contributed by atoms with van der Waals surface area (Å²) in [5.74, 6) is 0.508. The first-order valence-electron chi connectivity index (χ1n) is 8.76. The highest BCUT2D eigenvalue weighted by molar-refractivity contribution is 5.95. The molecule has 2 aliphatic rings. The number of ether oxygens (including phenoxy) is 1. The molecule has 26 heavy (non-hydrogen) atoms. The Kier molecular flexibility index (Phi) is 4.03. The molecule has 1 aromatic heterocycles. The standard InChI is InChI=1S/C19H21N5O2/c1-23-10-13(9-21-23)15-5-3-12(7-18(15)26-2)19(25)22-16-8-14-4-6-17(16)24(14)11-20/h3,5,7,9-10,14,16-17H,4,6,8H2,1-2H3,(H,22,25)/t14-,16+,17+/m0/s1. The van der Waals surface area contributed by atoms with Crippen molar-refractivity contribution in [2.75, 3.05) is 7.11 Å². The number of rotatable bonds is 4. The van der Waals surface area contributed by atoms with Gasteiger partial charge in [0.15, 0.2) is 6.19 Å². The molecule has 2 saturated heterocycles. The van der Waals surface area contributed by atoms with Gasteiger partial charge in [0.2, 0.25) is 0 Å². The van der Waals surface area contributed by atoms with Crippen LogP contribution >= 0.6 is 0 Å². The third-order valence-electron chi connectivity index (χ3n) is 5.45. The van der Waals surface area contributed by atoms with E-state index < -0.39 is 0 Å². The zero-order valence-corrected chi connectivity index (χ0v) is 14.8. The summed E-state index contributed by atoms with van der Waals surface area (Å²) >= 11 is 0. The zero-order chi connectivity index (χ0) is 18.3. The minimum Gasteiger partial charge on any atom is -0.496 e. The summed E-state index contributed by atoms with van der Waals surface area (Å²) in [5, 5.41) is 16.5. The van der Waals surface area contributed by atoms with Crippen molar-refractivity contribution in [2.24, 2.45) is 7.05 Å². The van der Waals surface area contributed by atoms with Crippen molar-refractivity contribution in [2.45, 2.75) is 37.4 Å². The number of amides is 1. The summed E-state index contributed by atoms with van der Waals surface area (Å²) < 4.78 is 7.21. The van der Waals surface area contributed by atoms with E-state index in [1.165, 1.54) is 0 Å². The fourth-order valence-electron chi connectivity index (χ4n) is 4.18. The largest absolute Gasteiger partial charge is 0.496 e. The van der Waals surface area contributed by atoms with Crippen molar-refractivity contribution >= 4 is 5.91 Å². The number of aromatic nitrogens is 2. The van der Waals surface area contributed by atoms with Gasteiger partial charge in [0.1, 0.15) is 5.75 Å². The van der Waals surface area contributed by atoms with E-state index >= 15 is 0 Å². The Balaban J connectivity index is 1.53. The molecule has 0 unspecified atom stereocenters. The van der Waals surface area contributed by atoms with E-state index in [1.54, 1.807) is 30.1 Å². The van der Waals surface area contributed by atoms with Crippen molar-refractivity contribution < 1.29 is 9.53 Å². The summed E-state index contributed by atoms with van der Waals surface area (Å²) in [6.45, 7) is 0. The summed E-state index contributed by atoms with van der Waals surface area (Å²) in [4.78, 5) is 14.6. The number of hydrogen-bond donors (Lipinski definition) is 1. The number of nitriles is 1. The van der Waals surface area contributed by atoms with Gasteiger partial charge >= 0.3 is 0 Å². The number of benzene rings is 1. The summed E-state index contributed by atoms with van der Waals surface area (Å²) in [6.07, 6.45) is 8.79. The molecule has 4 rings (SSSR count). The maximum Gasteiger partial charge on any atom is 0.251 e. The molecule has 7 nitrogen and oxygen atoms in total. The fourth-order valence-corrected chi connectivity index (χ4v) is 4.18. The topological polar surface area (TPSA) is 83.2 Å². The van der Waals surface area contributed by atoms with Crippen molar-refractivity contribution in [3.05, 3.63) is 36.2 Å². The van der Waals surface area contributed by atoms with E-state index in [9.17, 15) is 10.1 Å². The van der Waals surface area contributed by atoms with Crippen LogP contribution in [0.2, 0.25) is 0 Å². The molecule has 3 heterocycles. The SMILES string of the molecule is COc1cc(C(=O)N[C@@H]2C[C@@H]3CC[C@H]2N3C#N)ccc1-c1cnn(C)c1. The lowest BCUT2D eigenvalue weighted by Gasteiger charge is -2.22. The Labute approximate surface area is 152 Å². The van der Waals surface area contributed by atoms with Crippen molar-refractivity contribution in [1.82, 2.24) is 20.0 Å². The predicted octanol–water partition coefficient (Wildman–Crippen LogP) is 1.91. The lowest BCUT2D eigenvalue weighted by Crippen LogP contribution is -2.43. The Hall–Kier alpha value is -3.01. The second-order valence-corrected chi connectivity index (χ2v) is 6.94. The van der Waals surface area contributed by atoms with Crippen LogP contribution in [-0.4, -0.2) is 45.8 Å². The van der Waals surface area contributed by atoms with E-state index in [-0.39, 0.29) is 24.0 Å². The van der Waals surface area contributed by atoms with Crippen LogP contribution in [-0.2, 0) is 7.05 Å². The molecular weight excluding hydrogens is 330 g/mol. The summed E-state index contributed by atoms with van der Waals surface area (Å²) in [5.41, 5.74) is 2.39. The molecule has 7 heteroatoms. The first kappa shape index (κ1) is 16.5. The van der Waals surface area contributed by atoms with Gasteiger partial charge in [0.25, 0.3) is 5.91 Å². The number of nitrogens with one attached hydrogen (secondary N) is 1. The number of methoxy groups -OCH3 is 1. The average molecular weight is 351 g/mol. The van der Waals surface area contributed by atoms with Crippen molar-refractivity contribution in [1.29, 1.82) is 5.26 Å². The van der Waals surface area contributed by atoms with Crippen LogP contribution in [0.1, 0.15) is 29.6 Å². The highest BCUT2D eigenvalue weighted by atomic mass is 16.5. The molecule has 2 aromatic rings. The van der Waals surface area contributed by atoms with Gasteiger partial charge in [0.05, 0.1) is 25.4 Å². The smallest absolute Gasteiger partial charge is 0.251 e. The molecule has 134 valence electrons. The van der Waals surface area contributed by atoms with Crippen molar-refractivity contribution in [3.63, 3.8) is 0 Å². The molecule has 3 atom stereocenters. The van der Waals surface area contributed by atoms with Crippen LogP contribution in [0.3, 0.4) is 0 Å². The monoisotopic (exact) mass is 351 g/mol. The third kappa shape index (κ3) is 2.68. The molecule has 2 bridgehead atoms. The zero-order valence-electron chi connectivity index (χ0n) is 14.8. The first-order chi connectivity index (χ1) is 12.6. The Morgan fingerprint density at radius 3 is 2.92 bits per heavy atom. The van der Waals surface area contributed by atoms with Crippen LogP contribution in [0.25, 0.3) is 11.1 Å². The van der Waals surface area contributed by atoms with Crippen LogP contribution in [0.15, 0.2) is 30.6 Å². The van der Waals surface area contributed by atoms with Gasteiger partial charge in [0, 0.05) is 36.0 Å². The van der Waals surface area contributed by atoms with E-state index in [0.717, 1.165) is 30.4 Å². The van der Waals surface area contributed by atoms with E-state index in [4.69, 9.17) is 4.74 Å². The molecule has 0 spiro atoms. The van der Waals surface area contributed by atoms with E-state index in [2.05, 4.69) is 16.6 Å². The number of fused-ring (bicyclic) bond motifs is 2. The highest BCUT2D eigenvalue weighted by Crippen LogP contribution is 2.37. The number of nitrogens with zero attached hydrogens (tertiary/aromatic N) is 4. The quantitative estimate of drug-likeness (QED) is 0.851. The Morgan fingerprint density at radius 2 is 2.27 bits per heavy atom. The summed E-state index contributed by atoms with van der Waals surface area (Å²) in [6, 6.07) is 5.88. The van der Waals surface area contributed by atoms with Gasteiger partial charge < -0.3 is 15.0 Å². The summed E-state index contributed by atoms with van der Waals surface area (Å²) in [7, 11) is 3.45. The average Bonchev–Trinajstić information content (AvgIpc) is 3.34. The van der Waals surface area contributed by atoms with Crippen LogP contribution < -0.4 is 10.1 Å². The van der Waals surface area contributed by atoms with Gasteiger partial charge in [-0.1, -0.05) is 0 Å². The normalized spacial score (nSPS) is 23.7. The van der Waals surface area contributed by atoms with Crippen LogP contribution in [0.4, 0.5) is 0 Å². The highest BCUT2D eigenvalue weighted by Gasteiger charge is 2.46. The molecule has 2 fully saturated rings. The fraction of sp³-hybridized carbons (Fsp3) is 0.421. The third-order valence-corrected chi connectivity index (χ3v) is 5.45. The van der Waals surface area contributed by atoms with Crippen molar-refractivity contribution in [3.8, 4) is 23.1 Å². The Morgan fingerprint density at radius 1 is 1.42 bits per heavy atom. The maximum atomic E-state index is 12.7. The second-order valence-electron chi connectivity index (χ2n) is 6.94. The Bertz CT molecular complexity index is 884. The van der Waals surface area contributed by atoms with Gasteiger partial charge in [-0.25, -0.2) is 0 Å². The predicted molar refractivity (Wildman–Crippen MR) is 95.3 cm³/mol. The molecule has 0 aliphatic carbocycles. The number of aryl methyl sites for hydroxylation is 1. The van der Waals surface area contributed by atoms with Gasteiger partial charge in [-0.2, -0.15) is 10.4 Å². The van der Waals surface area contributed by atoms with Crippen LogP contribution in [0.5, 0.6) is 5.75 Å². The maximum absolute atomic E-state index is 12.7. The lowest BCUT2D eigenvalue weighted by atomic mass is 9.95. The van der Waals surface area contributed by atoms with Crippen LogP contribution in [0, 0.1) is 11.5 Å². The molecule has 0 saturated carbocycles. The molecule has 1 N–H and O–H groups in total. The van der Waals surface area contributed by atoms with Gasteiger partial charge in [-0.15, -0.1) is 0 Å². The molecular formula is C19H21N5O2. The number of carbonyl (C=O) groups excluding carboxylic acids is 1. The first-order valence-corrected chi connectivity index (χ1v) is 8.76. The van der Waals surface area contributed by atoms with Gasteiger partial charge in [-0.3, -0.25) is 9.48 Å². The van der Waals surface area contributed by atoms with E-state index in [1.807, 2.05) is 24.2 Å². The van der Waals surface area contributed by atoms with Gasteiger partial charge in [-0.05, 0) is 37.5 Å². The lowest BCUT2D eigenvalue weighted by molar-refractivity contribution is 0.0928. The minimum atomic E-state index is -0.128. The van der Waals surface area contributed by atoms with E-state index in [0.29, 0.717) is 11.3 Å². The minimum absolute atomic E-state index is 0.0323. The number of hydrogen-bond acceptors (Lipinski definition) is 5. The second kappa shape index (κ2) is 6.37.